The Kier molecular flexibility index (Phi) is 15.3. The molecule has 0 fully saturated rings. The standard InChI is InChI=1S/C26H10F44/c1-4(2)6(29,30)8(33,34)10(37,38)12(41,42)14(45,46)16(49,50)18(53,54)20(57,58)22(61,62)24(65,66)26(69,70)25(67,68)23(63,64)21(59,60)19(55,56)17(51,52)15(47,48)13(43,44)11(39,40)9(35,36)7(31,32)5(3,27)28/h4H,1-3H3. The van der Waals surface area contributed by atoms with Crippen LogP contribution in [-0.2, 0) is 0 Å². The molecule has 70 heavy (non-hydrogen) atoms. The monoisotopic (exact) mass is 1160 g/mol. The smallest absolute Gasteiger partial charge is 0.200 e. The highest BCUT2D eigenvalue weighted by molar-refractivity contribution is 5.24. The second kappa shape index (κ2) is 16.0. The van der Waals surface area contributed by atoms with Gasteiger partial charge in [0.25, 0.3) is 0 Å². The summed E-state index contributed by atoms with van der Waals surface area (Å²) < 4.78 is 609. The van der Waals surface area contributed by atoms with Gasteiger partial charge in [0.1, 0.15) is 0 Å². The van der Waals surface area contributed by atoms with Crippen molar-refractivity contribution in [2.45, 2.75) is 151 Å². The van der Waals surface area contributed by atoms with Crippen molar-refractivity contribution in [3.8, 4) is 0 Å². The Morgan fingerprint density at radius 2 is 0.243 bits per heavy atom. The van der Waals surface area contributed by atoms with Crippen LogP contribution < -0.4 is 0 Å². The van der Waals surface area contributed by atoms with Crippen molar-refractivity contribution in [3.05, 3.63) is 0 Å². The lowest BCUT2D eigenvalue weighted by atomic mass is 9.81. The number of alkyl halides is 44. The van der Waals surface area contributed by atoms with E-state index >= 15 is 0 Å². The van der Waals surface area contributed by atoms with E-state index in [2.05, 4.69) is 0 Å². The average molecular weight is 1160 g/mol. The van der Waals surface area contributed by atoms with Crippen LogP contribution in [0.25, 0.3) is 0 Å². The third kappa shape index (κ3) is 7.20. The minimum absolute atomic E-state index is 0.503. The predicted octanol–water partition coefficient (Wildman–Crippen LogP) is 15.6. The van der Waals surface area contributed by atoms with Gasteiger partial charge in [-0.05, 0) is 0 Å². The maximum absolute atomic E-state index is 14.1. The second-order valence-electron chi connectivity index (χ2n) is 14.2. The number of hydrogen-bond donors (Lipinski definition) is 0. The molecule has 0 unspecified atom stereocenters. The highest BCUT2D eigenvalue weighted by Gasteiger charge is 3.04. The molecule has 0 aromatic heterocycles. The summed E-state index contributed by atoms with van der Waals surface area (Å²) in [6.45, 7) is -2.80. The van der Waals surface area contributed by atoms with Crippen LogP contribution in [0.5, 0.6) is 0 Å². The molecule has 0 nitrogen and oxygen atoms in total. The Hall–Kier alpha value is -3.08. The summed E-state index contributed by atoms with van der Waals surface area (Å²) in [7, 11) is 0. The summed E-state index contributed by atoms with van der Waals surface area (Å²) >= 11 is 0. The molecular formula is C26H10F44. The number of halogens is 44. The molecule has 0 aliphatic carbocycles. The molecule has 422 valence electrons. The van der Waals surface area contributed by atoms with E-state index in [-0.39, 0.29) is 0 Å². The van der Waals surface area contributed by atoms with E-state index in [1.807, 2.05) is 0 Å². The molecule has 0 aromatic rings. The maximum atomic E-state index is 14.1. The minimum atomic E-state index is -10.7. The van der Waals surface area contributed by atoms with E-state index in [4.69, 9.17) is 0 Å². The third-order valence-corrected chi connectivity index (χ3v) is 9.19. The van der Waals surface area contributed by atoms with Crippen LogP contribution in [0.15, 0.2) is 0 Å². The SMILES string of the molecule is CC(C)C(F)(F)C(F)(F)C(F)(F)C(F)(F)C(F)(F)C(F)(F)C(F)(F)C(F)(F)C(F)(F)C(F)(F)C(F)(F)C(F)(F)C(F)(F)C(F)(F)C(F)(F)C(F)(F)C(F)(F)C(F)(F)C(F)(F)C(F)(F)C(F)(F)C(C)(F)F. The lowest BCUT2D eigenvalue weighted by Gasteiger charge is -2.47. The Morgan fingerprint density at radius 1 is 0.157 bits per heavy atom. The zero-order valence-electron chi connectivity index (χ0n) is 31.2. The highest BCUT2D eigenvalue weighted by atomic mass is 19.4. The summed E-state index contributed by atoms with van der Waals surface area (Å²) in [5, 5.41) is 0. The van der Waals surface area contributed by atoms with E-state index in [1.165, 1.54) is 0 Å². The number of hydrogen-bond acceptors (Lipinski definition) is 0. The van der Waals surface area contributed by atoms with E-state index < -0.39 is 157 Å². The lowest BCUT2D eigenvalue weighted by molar-refractivity contribution is -0.496. The Balaban J connectivity index is 8.11. The van der Waals surface area contributed by atoms with Crippen LogP contribution in [0.4, 0.5) is 193 Å². The van der Waals surface area contributed by atoms with Crippen LogP contribution in [0.3, 0.4) is 0 Å². The topological polar surface area (TPSA) is 0 Å². The molecule has 0 saturated heterocycles. The maximum Gasteiger partial charge on any atom is 0.385 e. The zero-order valence-corrected chi connectivity index (χ0v) is 31.2. The summed E-state index contributed by atoms with van der Waals surface area (Å²) in [4.78, 5) is 0. The fourth-order valence-corrected chi connectivity index (χ4v) is 4.40. The molecule has 0 aliphatic rings. The summed E-state index contributed by atoms with van der Waals surface area (Å²) in [6, 6.07) is 0. The highest BCUT2D eigenvalue weighted by Crippen LogP contribution is 2.72. The van der Waals surface area contributed by atoms with Crippen molar-refractivity contribution >= 4 is 0 Å². The molecular weight excluding hydrogens is 1150 g/mol. The van der Waals surface area contributed by atoms with Crippen molar-refractivity contribution in [1.82, 2.24) is 0 Å². The quantitative estimate of drug-likeness (QED) is 0.0948. The van der Waals surface area contributed by atoms with Gasteiger partial charge in [0.2, 0.25) is 0 Å². The van der Waals surface area contributed by atoms with Crippen molar-refractivity contribution in [3.63, 3.8) is 0 Å². The molecule has 0 heterocycles. The molecule has 0 spiro atoms. The van der Waals surface area contributed by atoms with Crippen molar-refractivity contribution in [1.29, 1.82) is 0 Å². The molecule has 0 atom stereocenters. The van der Waals surface area contributed by atoms with Gasteiger partial charge in [0.05, 0.1) is 0 Å². The van der Waals surface area contributed by atoms with Crippen molar-refractivity contribution < 1.29 is 193 Å². The van der Waals surface area contributed by atoms with Crippen LogP contribution in [0.1, 0.15) is 20.8 Å². The van der Waals surface area contributed by atoms with Gasteiger partial charge in [-0.15, -0.1) is 0 Å². The molecule has 0 saturated carbocycles. The van der Waals surface area contributed by atoms with Gasteiger partial charge < -0.3 is 0 Å². The molecule has 0 amide bonds. The van der Waals surface area contributed by atoms with Gasteiger partial charge >= 0.3 is 130 Å². The molecule has 0 bridgehead atoms. The van der Waals surface area contributed by atoms with Gasteiger partial charge in [-0.1, -0.05) is 13.8 Å². The van der Waals surface area contributed by atoms with E-state index in [0.29, 0.717) is 0 Å². The lowest BCUT2D eigenvalue weighted by Crippen LogP contribution is -2.81. The molecule has 0 radical (unpaired) electrons. The predicted molar refractivity (Wildman–Crippen MR) is 129 cm³/mol. The Bertz CT molecular complexity index is 1880. The Labute approximate surface area is 351 Å². The Morgan fingerprint density at radius 3 is 0.329 bits per heavy atom. The molecule has 0 N–H and O–H groups in total. The largest absolute Gasteiger partial charge is 0.385 e. The van der Waals surface area contributed by atoms with E-state index in [0.717, 1.165) is 0 Å². The molecule has 0 rings (SSSR count). The van der Waals surface area contributed by atoms with Crippen molar-refractivity contribution in [2.24, 2.45) is 5.92 Å². The van der Waals surface area contributed by atoms with Crippen LogP contribution in [-0.4, -0.2) is 130 Å². The van der Waals surface area contributed by atoms with Crippen LogP contribution >= 0.6 is 0 Å². The van der Waals surface area contributed by atoms with Gasteiger partial charge in [-0.2, -0.15) is 193 Å². The first-order valence-electron chi connectivity index (χ1n) is 15.5. The van der Waals surface area contributed by atoms with Gasteiger partial charge in [0.15, 0.2) is 0 Å². The summed E-state index contributed by atoms with van der Waals surface area (Å²) in [5.41, 5.74) is 0. The molecule has 0 aliphatic heterocycles. The number of rotatable bonds is 22. The summed E-state index contributed by atoms with van der Waals surface area (Å²) in [5.74, 6) is -219. The fraction of sp³-hybridized carbons (Fsp3) is 1.00. The van der Waals surface area contributed by atoms with Crippen molar-refractivity contribution in [2.75, 3.05) is 0 Å². The average Bonchev–Trinajstić information content (AvgIpc) is 3.12. The van der Waals surface area contributed by atoms with E-state index in [9.17, 15) is 193 Å². The van der Waals surface area contributed by atoms with Crippen LogP contribution in [0.2, 0.25) is 0 Å². The first kappa shape index (κ1) is 66.9. The zero-order chi connectivity index (χ0) is 58.6. The summed E-state index contributed by atoms with van der Waals surface area (Å²) in [6.07, 6.45) is 0. The van der Waals surface area contributed by atoms with E-state index in [1.54, 1.807) is 0 Å². The first-order chi connectivity index (χ1) is 29.2. The fourth-order valence-electron chi connectivity index (χ4n) is 4.40. The van der Waals surface area contributed by atoms with Crippen LogP contribution in [0, 0.1) is 5.92 Å². The van der Waals surface area contributed by atoms with Gasteiger partial charge in [0, 0.05) is 12.8 Å². The van der Waals surface area contributed by atoms with Gasteiger partial charge in [-0.25, -0.2) is 0 Å². The second-order valence-corrected chi connectivity index (χ2v) is 14.2. The normalized spacial score (nSPS) is 17.5. The molecule has 44 heteroatoms. The minimum Gasteiger partial charge on any atom is -0.200 e. The first-order valence-corrected chi connectivity index (χ1v) is 15.5. The third-order valence-electron chi connectivity index (χ3n) is 9.19. The van der Waals surface area contributed by atoms with Gasteiger partial charge in [-0.3, -0.25) is 0 Å². The molecule has 0 aromatic carbocycles.